The maximum absolute atomic E-state index is 10.5. The predicted molar refractivity (Wildman–Crippen MR) is 66.2 cm³/mol. The molecule has 1 aromatic rings. The van der Waals surface area contributed by atoms with Crippen LogP contribution in [0.4, 0.5) is 0 Å². The van der Waals surface area contributed by atoms with Crippen LogP contribution in [0.1, 0.15) is 37.7 Å². The average molecular weight is 222 g/mol. The van der Waals surface area contributed by atoms with E-state index in [0.29, 0.717) is 11.3 Å². The predicted octanol–water partition coefficient (Wildman–Crippen LogP) is 3.61. The third kappa shape index (κ3) is 3.77. The number of aliphatic carboxylic acids is 1. The summed E-state index contributed by atoms with van der Waals surface area (Å²) < 4.78 is 5.17. The van der Waals surface area contributed by atoms with Crippen LogP contribution < -0.4 is 0 Å². The van der Waals surface area contributed by atoms with Crippen molar-refractivity contribution in [3.8, 4) is 0 Å². The first-order valence-corrected chi connectivity index (χ1v) is 5.26. The Morgan fingerprint density at radius 2 is 2.19 bits per heavy atom. The van der Waals surface area contributed by atoms with Gasteiger partial charge in [-0.25, -0.2) is 0 Å². The molecular formula is C13H18O3. The maximum atomic E-state index is 10.5. The molecule has 0 saturated heterocycles. The van der Waals surface area contributed by atoms with Crippen molar-refractivity contribution in [1.82, 2.24) is 0 Å². The van der Waals surface area contributed by atoms with E-state index >= 15 is 0 Å². The molecular weight excluding hydrogens is 204 g/mol. The van der Waals surface area contributed by atoms with Crippen molar-refractivity contribution in [2.45, 2.75) is 27.2 Å². The van der Waals surface area contributed by atoms with Crippen LogP contribution in [-0.2, 0) is 11.2 Å². The highest BCUT2D eigenvalue weighted by atomic mass is 16.4. The number of allylic oxidation sites excluding steroid dienone is 1. The Balaban J connectivity index is 0.00000106. The number of rotatable bonds is 4. The van der Waals surface area contributed by atoms with Gasteiger partial charge in [-0.1, -0.05) is 32.6 Å². The van der Waals surface area contributed by atoms with E-state index < -0.39 is 5.97 Å². The van der Waals surface area contributed by atoms with Gasteiger partial charge in [-0.05, 0) is 13.0 Å². The molecule has 0 aliphatic rings. The monoisotopic (exact) mass is 222 g/mol. The van der Waals surface area contributed by atoms with Crippen LogP contribution in [0.5, 0.6) is 0 Å². The van der Waals surface area contributed by atoms with Gasteiger partial charge >= 0.3 is 5.97 Å². The van der Waals surface area contributed by atoms with E-state index in [1.807, 2.05) is 32.9 Å². The molecule has 0 fully saturated rings. The normalized spacial score (nSPS) is 9.69. The van der Waals surface area contributed by atoms with Crippen molar-refractivity contribution >= 4 is 18.1 Å². The second kappa shape index (κ2) is 7.51. The molecule has 0 aliphatic carbocycles. The zero-order valence-electron chi connectivity index (χ0n) is 9.99. The molecule has 1 rings (SSSR count). The van der Waals surface area contributed by atoms with E-state index in [4.69, 9.17) is 9.52 Å². The number of carboxylic acid groups (broad SMARTS) is 1. The average Bonchev–Trinajstić information content (AvgIpc) is 2.64. The smallest absolute Gasteiger partial charge is 0.307 e. The minimum atomic E-state index is -0.868. The molecule has 3 nitrogen and oxygen atoms in total. The van der Waals surface area contributed by atoms with Gasteiger partial charge in [0.05, 0.1) is 12.7 Å². The molecule has 16 heavy (non-hydrogen) atoms. The highest BCUT2D eigenvalue weighted by molar-refractivity contribution is 5.74. The standard InChI is InChI=1S/C11H12O3.C2H6/c1-3-5-9-8(6-11(12)13)7-14-10(9)4-2;1-2/h3-5,7H,2,6H2,1H3,(H,12,13);1-2H3/b5-3-;. The molecule has 1 N–H and O–H groups in total. The fourth-order valence-corrected chi connectivity index (χ4v) is 1.23. The van der Waals surface area contributed by atoms with Crippen molar-refractivity contribution in [1.29, 1.82) is 0 Å². The molecule has 0 spiro atoms. The number of carbonyl (C=O) groups is 1. The Morgan fingerprint density at radius 3 is 2.62 bits per heavy atom. The second-order valence-corrected chi connectivity index (χ2v) is 2.81. The van der Waals surface area contributed by atoms with Gasteiger partial charge in [0, 0.05) is 11.1 Å². The molecule has 3 heteroatoms. The SMILES string of the molecule is C=Cc1occ(CC(=O)O)c1/C=C\C.CC. The summed E-state index contributed by atoms with van der Waals surface area (Å²) in [5, 5.41) is 8.65. The van der Waals surface area contributed by atoms with Crippen LogP contribution in [0.2, 0.25) is 0 Å². The fraction of sp³-hybridized carbons (Fsp3) is 0.308. The Bertz CT molecular complexity index is 373. The van der Waals surface area contributed by atoms with Gasteiger partial charge in [-0.15, -0.1) is 0 Å². The Labute approximate surface area is 96.1 Å². The molecule has 0 saturated carbocycles. The number of hydrogen-bond donors (Lipinski definition) is 1. The summed E-state index contributed by atoms with van der Waals surface area (Å²) in [5.74, 6) is -0.258. The third-order valence-corrected chi connectivity index (χ3v) is 1.80. The van der Waals surface area contributed by atoms with Gasteiger partial charge in [0.2, 0.25) is 0 Å². The molecule has 0 aliphatic heterocycles. The highest BCUT2D eigenvalue weighted by Gasteiger charge is 2.11. The van der Waals surface area contributed by atoms with E-state index in [1.54, 1.807) is 6.08 Å². The van der Waals surface area contributed by atoms with Crippen LogP contribution in [0, 0.1) is 0 Å². The van der Waals surface area contributed by atoms with Gasteiger partial charge in [0.1, 0.15) is 5.76 Å². The molecule has 88 valence electrons. The van der Waals surface area contributed by atoms with E-state index in [2.05, 4.69) is 6.58 Å². The first-order valence-electron chi connectivity index (χ1n) is 5.26. The van der Waals surface area contributed by atoms with E-state index in [-0.39, 0.29) is 6.42 Å². The summed E-state index contributed by atoms with van der Waals surface area (Å²) in [5.41, 5.74) is 1.47. The lowest BCUT2D eigenvalue weighted by atomic mass is 10.1. The van der Waals surface area contributed by atoms with Crippen molar-refractivity contribution < 1.29 is 14.3 Å². The summed E-state index contributed by atoms with van der Waals surface area (Å²) in [4.78, 5) is 10.5. The van der Waals surface area contributed by atoms with Gasteiger partial charge in [0.15, 0.2) is 0 Å². The zero-order valence-corrected chi connectivity index (χ0v) is 9.99. The second-order valence-electron chi connectivity index (χ2n) is 2.81. The molecule has 0 aromatic carbocycles. The number of furan rings is 1. The third-order valence-electron chi connectivity index (χ3n) is 1.80. The summed E-state index contributed by atoms with van der Waals surface area (Å²) in [7, 11) is 0. The Hall–Kier alpha value is -1.77. The Morgan fingerprint density at radius 1 is 1.56 bits per heavy atom. The summed E-state index contributed by atoms with van der Waals surface area (Å²) >= 11 is 0. The quantitative estimate of drug-likeness (QED) is 0.846. The minimum Gasteiger partial charge on any atom is -0.481 e. The van der Waals surface area contributed by atoms with E-state index in [0.717, 1.165) is 5.56 Å². The summed E-state index contributed by atoms with van der Waals surface area (Å²) in [6.07, 6.45) is 6.65. The highest BCUT2D eigenvalue weighted by Crippen LogP contribution is 2.20. The summed E-state index contributed by atoms with van der Waals surface area (Å²) in [6, 6.07) is 0. The zero-order chi connectivity index (χ0) is 12.6. The van der Waals surface area contributed by atoms with E-state index in [1.165, 1.54) is 6.26 Å². The van der Waals surface area contributed by atoms with Crippen molar-refractivity contribution in [3.05, 3.63) is 35.8 Å². The minimum absolute atomic E-state index is 0.0307. The largest absolute Gasteiger partial charge is 0.481 e. The molecule has 1 aromatic heterocycles. The molecule has 0 bridgehead atoms. The molecule has 0 radical (unpaired) electrons. The topological polar surface area (TPSA) is 50.4 Å². The maximum Gasteiger partial charge on any atom is 0.307 e. The first kappa shape index (κ1) is 14.2. The van der Waals surface area contributed by atoms with Crippen molar-refractivity contribution in [2.24, 2.45) is 0 Å². The summed E-state index contributed by atoms with van der Waals surface area (Å²) in [6.45, 7) is 9.46. The molecule has 0 atom stereocenters. The van der Waals surface area contributed by atoms with Crippen LogP contribution in [0.3, 0.4) is 0 Å². The van der Waals surface area contributed by atoms with Crippen molar-refractivity contribution in [2.75, 3.05) is 0 Å². The lowest BCUT2D eigenvalue weighted by molar-refractivity contribution is -0.136. The molecule has 1 heterocycles. The first-order chi connectivity index (χ1) is 7.69. The van der Waals surface area contributed by atoms with Crippen LogP contribution in [0.25, 0.3) is 12.2 Å². The number of hydrogen-bond acceptors (Lipinski definition) is 2. The lowest BCUT2D eigenvalue weighted by Crippen LogP contribution is -2.00. The van der Waals surface area contributed by atoms with E-state index in [9.17, 15) is 4.79 Å². The van der Waals surface area contributed by atoms with Gasteiger partial charge in [0.25, 0.3) is 0 Å². The molecule has 0 unspecified atom stereocenters. The van der Waals surface area contributed by atoms with Crippen LogP contribution in [-0.4, -0.2) is 11.1 Å². The van der Waals surface area contributed by atoms with Gasteiger partial charge < -0.3 is 9.52 Å². The fourth-order valence-electron chi connectivity index (χ4n) is 1.23. The Kier molecular flexibility index (Phi) is 6.68. The van der Waals surface area contributed by atoms with Gasteiger partial charge in [-0.3, -0.25) is 4.79 Å². The van der Waals surface area contributed by atoms with Crippen LogP contribution >= 0.6 is 0 Å². The van der Waals surface area contributed by atoms with Crippen molar-refractivity contribution in [3.63, 3.8) is 0 Å². The lowest BCUT2D eigenvalue weighted by Gasteiger charge is -1.94. The number of carboxylic acids is 1. The van der Waals surface area contributed by atoms with Crippen LogP contribution in [0.15, 0.2) is 23.3 Å². The molecule has 0 amide bonds. The van der Waals surface area contributed by atoms with Gasteiger partial charge in [-0.2, -0.15) is 0 Å².